The molecule has 10 heteroatoms. The molecule has 2 heterocycles. The van der Waals surface area contributed by atoms with Crippen LogP contribution in [0.1, 0.15) is 62.0 Å². The average Bonchev–Trinajstić information content (AvgIpc) is 3.36. The van der Waals surface area contributed by atoms with Gasteiger partial charge in [0.1, 0.15) is 4.88 Å². The highest BCUT2D eigenvalue weighted by Gasteiger charge is 2.38. The van der Waals surface area contributed by atoms with Crippen LogP contribution in [0.5, 0.6) is 0 Å². The zero-order valence-electron chi connectivity index (χ0n) is 23.0. The van der Waals surface area contributed by atoms with E-state index in [1.165, 1.54) is 16.2 Å². The molecule has 1 N–H and O–H groups in total. The fourth-order valence-corrected chi connectivity index (χ4v) is 6.41. The van der Waals surface area contributed by atoms with E-state index in [2.05, 4.69) is 14.0 Å². The molecule has 1 amide bonds. The molecule has 214 valence electrons. The molecular weight excluding hydrogens is 540 g/mol. The third-order valence-corrected chi connectivity index (χ3v) is 8.77. The maximum absolute atomic E-state index is 14.2. The second-order valence-electron chi connectivity index (χ2n) is 10.4. The number of hydrogen-bond acceptors (Lipinski definition) is 7. The predicted octanol–water partition coefficient (Wildman–Crippen LogP) is 1.54. The number of piperidine rings is 1. The topological polar surface area (TPSA) is 86.6 Å². The van der Waals surface area contributed by atoms with Gasteiger partial charge in [0.25, 0.3) is 0 Å². The summed E-state index contributed by atoms with van der Waals surface area (Å²) in [4.78, 5) is 43.7. The third-order valence-electron chi connectivity index (χ3n) is 7.62. The first-order valence-electron chi connectivity index (χ1n) is 13.7. The van der Waals surface area contributed by atoms with Gasteiger partial charge >= 0.3 is 12.1 Å². The number of carbonyl (C=O) groups is 3. The summed E-state index contributed by atoms with van der Waals surface area (Å²) >= 11 is 1.30. The van der Waals surface area contributed by atoms with Crippen LogP contribution in [-0.2, 0) is 19.0 Å². The van der Waals surface area contributed by atoms with Crippen LogP contribution in [0, 0.1) is 11.8 Å². The number of hydrogen-bond donors (Lipinski definition) is 1. The molecule has 1 saturated carbocycles. The lowest BCUT2D eigenvalue weighted by molar-refractivity contribution is -0.884. The number of ether oxygens (including phenoxy) is 3. The molecular formula is C29H39ClN2O6S. The van der Waals surface area contributed by atoms with Crippen molar-refractivity contribution in [3.05, 3.63) is 41.3 Å². The van der Waals surface area contributed by atoms with Crippen molar-refractivity contribution < 1.29 is 45.9 Å². The van der Waals surface area contributed by atoms with Crippen LogP contribution in [-0.4, -0.2) is 57.6 Å². The van der Waals surface area contributed by atoms with Gasteiger partial charge in [-0.1, -0.05) is 37.3 Å². The first-order valence-corrected chi connectivity index (χ1v) is 14.5. The van der Waals surface area contributed by atoms with Crippen molar-refractivity contribution in [2.75, 3.05) is 38.4 Å². The lowest BCUT2D eigenvalue weighted by Gasteiger charge is -2.38. The minimum absolute atomic E-state index is 0. The molecule has 4 rings (SSSR count). The molecule has 2 aromatic rings. The molecule has 8 nitrogen and oxygen atoms in total. The molecule has 0 atom stereocenters. The summed E-state index contributed by atoms with van der Waals surface area (Å²) in [6, 6.07) is 11.8. The Labute approximate surface area is 241 Å². The number of esters is 1. The normalized spacial score (nSPS) is 22.7. The van der Waals surface area contributed by atoms with Gasteiger partial charge in [-0.2, -0.15) is 0 Å². The van der Waals surface area contributed by atoms with E-state index in [4.69, 9.17) is 14.2 Å². The molecule has 1 aliphatic heterocycles. The van der Waals surface area contributed by atoms with Gasteiger partial charge in [-0.05, 0) is 50.2 Å². The lowest BCUT2D eigenvalue weighted by Crippen LogP contribution is -3.10. The fraction of sp³-hybridized carbons (Fsp3) is 0.552. The minimum Gasteiger partial charge on any atom is -1.00 e. The van der Waals surface area contributed by atoms with Crippen molar-refractivity contribution in [2.45, 2.75) is 58.4 Å². The highest BCUT2D eigenvalue weighted by atomic mass is 35.5. The number of nitrogens with zero attached hydrogens (tertiary/aromatic N) is 1. The van der Waals surface area contributed by atoms with Crippen molar-refractivity contribution in [3.8, 4) is 10.4 Å². The van der Waals surface area contributed by atoms with Crippen LogP contribution in [0.15, 0.2) is 36.4 Å². The summed E-state index contributed by atoms with van der Waals surface area (Å²) in [7, 11) is 2.18. The van der Waals surface area contributed by atoms with E-state index in [1.54, 1.807) is 6.92 Å². The van der Waals surface area contributed by atoms with Crippen LogP contribution in [0.2, 0.25) is 0 Å². The van der Waals surface area contributed by atoms with Crippen LogP contribution >= 0.6 is 11.3 Å². The van der Waals surface area contributed by atoms with Crippen LogP contribution in [0.3, 0.4) is 0 Å². The van der Waals surface area contributed by atoms with Crippen LogP contribution in [0.4, 0.5) is 10.5 Å². The standard InChI is InChI=1S/C29H38N2O6S.ClH/c1-4-35-29(34)37-19-36-28(33)26-24(18-25(38-26)21-8-6-5-7-9-21)31(23-14-16-30(3)17-15-23)27(32)22-12-10-20(2)11-13-22;/h5-9,18,20,22-23H,4,10-17,19H2,1-3H3;1H. The minimum atomic E-state index is -0.895. The van der Waals surface area contributed by atoms with Crippen molar-refractivity contribution >= 4 is 35.1 Å². The highest BCUT2D eigenvalue weighted by molar-refractivity contribution is 7.18. The third kappa shape index (κ3) is 7.96. The number of likely N-dealkylation sites (tertiary alicyclic amines) is 1. The Bertz CT molecular complexity index is 1090. The van der Waals surface area contributed by atoms with E-state index in [-0.39, 0.29) is 36.9 Å². The summed E-state index contributed by atoms with van der Waals surface area (Å²) in [6.45, 7) is 5.46. The Hall–Kier alpha value is -2.62. The number of carbonyl (C=O) groups excluding carboxylic acids is 3. The lowest BCUT2D eigenvalue weighted by atomic mass is 9.82. The second-order valence-corrected chi connectivity index (χ2v) is 11.5. The molecule has 39 heavy (non-hydrogen) atoms. The molecule has 1 saturated heterocycles. The zero-order chi connectivity index (χ0) is 27.1. The van der Waals surface area contributed by atoms with Gasteiger partial charge in [-0.15, -0.1) is 11.3 Å². The summed E-state index contributed by atoms with van der Waals surface area (Å²) in [5, 5.41) is 0. The molecule has 0 unspecified atom stereocenters. The molecule has 1 aromatic heterocycles. The van der Waals surface area contributed by atoms with E-state index in [9.17, 15) is 14.4 Å². The number of amides is 1. The first kappa shape index (κ1) is 30.9. The van der Waals surface area contributed by atoms with Crippen LogP contribution in [0.25, 0.3) is 10.4 Å². The Kier molecular flexibility index (Phi) is 11.6. The first-order chi connectivity index (χ1) is 18.4. The monoisotopic (exact) mass is 578 g/mol. The molecule has 2 fully saturated rings. The number of halogens is 1. The van der Waals surface area contributed by atoms with Gasteiger partial charge < -0.3 is 36.4 Å². The van der Waals surface area contributed by atoms with Gasteiger partial charge in [0.2, 0.25) is 12.7 Å². The molecule has 0 bridgehead atoms. The number of thiophene rings is 1. The Morgan fingerprint density at radius 2 is 1.64 bits per heavy atom. The second kappa shape index (κ2) is 14.7. The van der Waals surface area contributed by atoms with Gasteiger partial charge in [-0.25, -0.2) is 9.59 Å². The van der Waals surface area contributed by atoms with Crippen LogP contribution < -0.4 is 22.2 Å². The SMILES string of the molecule is CCOC(=O)OCOC(=O)c1sc(-c2ccccc2)cc1N(C(=O)C1CCC(C)CC1)C1CC[NH+](C)CC1.[Cl-]. The van der Waals surface area contributed by atoms with E-state index in [1.807, 2.05) is 41.3 Å². The van der Waals surface area contributed by atoms with E-state index >= 15 is 0 Å². The summed E-state index contributed by atoms with van der Waals surface area (Å²) in [6.07, 6.45) is 4.68. The van der Waals surface area contributed by atoms with Crippen molar-refractivity contribution in [2.24, 2.45) is 11.8 Å². The van der Waals surface area contributed by atoms with Crippen molar-refractivity contribution in [1.82, 2.24) is 0 Å². The van der Waals surface area contributed by atoms with Gasteiger partial charge in [0.05, 0.1) is 32.4 Å². The molecule has 1 aromatic carbocycles. The zero-order valence-corrected chi connectivity index (χ0v) is 24.5. The largest absolute Gasteiger partial charge is 1.00 e. The Balaban J connectivity index is 0.00000420. The van der Waals surface area contributed by atoms with E-state index in [0.29, 0.717) is 16.5 Å². The quantitative estimate of drug-likeness (QED) is 0.378. The fourth-order valence-electron chi connectivity index (χ4n) is 5.36. The summed E-state index contributed by atoms with van der Waals surface area (Å²) in [5.41, 5.74) is 1.57. The highest BCUT2D eigenvalue weighted by Crippen LogP contribution is 2.41. The smallest absolute Gasteiger partial charge is 0.511 e. The van der Waals surface area contributed by atoms with E-state index < -0.39 is 18.9 Å². The van der Waals surface area contributed by atoms with E-state index in [0.717, 1.165) is 62.1 Å². The van der Waals surface area contributed by atoms with Gasteiger partial charge in [-0.3, -0.25) is 4.79 Å². The Morgan fingerprint density at radius 3 is 2.28 bits per heavy atom. The van der Waals surface area contributed by atoms with Crippen molar-refractivity contribution in [3.63, 3.8) is 0 Å². The molecule has 1 aliphatic carbocycles. The number of anilines is 1. The molecule has 0 spiro atoms. The average molecular weight is 579 g/mol. The summed E-state index contributed by atoms with van der Waals surface area (Å²) < 4.78 is 14.9. The number of quaternary nitrogens is 1. The molecule has 0 radical (unpaired) electrons. The predicted molar refractivity (Wildman–Crippen MR) is 146 cm³/mol. The maximum Gasteiger partial charge on any atom is 0.511 e. The summed E-state index contributed by atoms with van der Waals surface area (Å²) in [5.74, 6) is 0.0743. The number of rotatable bonds is 8. The number of benzene rings is 1. The molecule has 2 aliphatic rings. The van der Waals surface area contributed by atoms with Crippen molar-refractivity contribution in [1.29, 1.82) is 0 Å². The van der Waals surface area contributed by atoms with Gasteiger partial charge in [0, 0.05) is 29.7 Å². The number of nitrogens with one attached hydrogen (secondary N) is 1. The Morgan fingerprint density at radius 1 is 0.974 bits per heavy atom. The van der Waals surface area contributed by atoms with Gasteiger partial charge in [0.15, 0.2) is 0 Å². The maximum atomic E-state index is 14.2.